The molecule has 0 heterocycles. The van der Waals surface area contributed by atoms with E-state index in [1.807, 2.05) is 26.8 Å². The molecule has 23 heavy (non-hydrogen) atoms. The van der Waals surface area contributed by atoms with Crippen LogP contribution in [0.25, 0.3) is 0 Å². The Morgan fingerprint density at radius 1 is 1.22 bits per heavy atom. The fourth-order valence-electron chi connectivity index (χ4n) is 1.90. The Morgan fingerprint density at radius 3 is 2.61 bits per heavy atom. The lowest BCUT2D eigenvalue weighted by atomic mass is 10.1. The lowest BCUT2D eigenvalue weighted by molar-refractivity contribution is -0.123. The molecule has 5 nitrogen and oxygen atoms in total. The van der Waals surface area contributed by atoms with Crippen LogP contribution in [0.15, 0.2) is 29.3 Å². The molecule has 0 fully saturated rings. The SMILES string of the molecule is CCNC(=NCCc1cccc(F)c1)NCCNC(=O)C(C)C. The van der Waals surface area contributed by atoms with Crippen LogP contribution < -0.4 is 16.0 Å². The molecule has 3 N–H and O–H groups in total. The van der Waals surface area contributed by atoms with E-state index in [0.29, 0.717) is 32.0 Å². The van der Waals surface area contributed by atoms with Crippen molar-refractivity contribution in [3.8, 4) is 0 Å². The largest absolute Gasteiger partial charge is 0.357 e. The first-order chi connectivity index (χ1) is 11.0. The van der Waals surface area contributed by atoms with Gasteiger partial charge in [0.05, 0.1) is 0 Å². The topological polar surface area (TPSA) is 65.5 Å². The molecule has 0 aliphatic rings. The van der Waals surface area contributed by atoms with Crippen LogP contribution >= 0.6 is 0 Å². The van der Waals surface area contributed by atoms with Gasteiger partial charge in [0.15, 0.2) is 5.96 Å². The molecule has 1 rings (SSSR count). The van der Waals surface area contributed by atoms with Gasteiger partial charge < -0.3 is 16.0 Å². The maximum absolute atomic E-state index is 13.1. The number of amides is 1. The molecule has 0 atom stereocenters. The Kier molecular flexibility index (Phi) is 8.72. The zero-order valence-electron chi connectivity index (χ0n) is 14.2. The highest BCUT2D eigenvalue weighted by molar-refractivity contribution is 5.80. The Labute approximate surface area is 137 Å². The minimum atomic E-state index is -0.225. The van der Waals surface area contributed by atoms with Crippen LogP contribution in [-0.4, -0.2) is 38.0 Å². The summed E-state index contributed by atoms with van der Waals surface area (Å²) in [6, 6.07) is 6.55. The molecule has 1 aromatic carbocycles. The number of guanidine groups is 1. The molecule has 6 heteroatoms. The van der Waals surface area contributed by atoms with Crippen LogP contribution in [0, 0.1) is 11.7 Å². The fourth-order valence-corrected chi connectivity index (χ4v) is 1.90. The zero-order chi connectivity index (χ0) is 17.1. The van der Waals surface area contributed by atoms with E-state index >= 15 is 0 Å². The zero-order valence-corrected chi connectivity index (χ0v) is 14.2. The second-order valence-corrected chi connectivity index (χ2v) is 5.51. The molecule has 0 saturated heterocycles. The van der Waals surface area contributed by atoms with Gasteiger partial charge in [-0.05, 0) is 31.0 Å². The van der Waals surface area contributed by atoms with Crippen LogP contribution in [0.5, 0.6) is 0 Å². The van der Waals surface area contributed by atoms with Crippen molar-refractivity contribution in [2.24, 2.45) is 10.9 Å². The summed E-state index contributed by atoms with van der Waals surface area (Å²) in [4.78, 5) is 15.9. The van der Waals surface area contributed by atoms with Crippen LogP contribution in [0.2, 0.25) is 0 Å². The summed E-state index contributed by atoms with van der Waals surface area (Å²) in [5, 5.41) is 9.15. The van der Waals surface area contributed by atoms with Gasteiger partial charge in [0.25, 0.3) is 0 Å². The van der Waals surface area contributed by atoms with Crippen molar-refractivity contribution in [3.05, 3.63) is 35.6 Å². The molecule has 1 amide bonds. The molecule has 0 aliphatic heterocycles. The fraction of sp³-hybridized carbons (Fsp3) is 0.529. The molecule has 0 unspecified atom stereocenters. The van der Waals surface area contributed by atoms with Gasteiger partial charge in [-0.1, -0.05) is 26.0 Å². The molecule has 1 aromatic rings. The minimum absolute atomic E-state index is 0.0110. The van der Waals surface area contributed by atoms with E-state index in [9.17, 15) is 9.18 Å². The maximum Gasteiger partial charge on any atom is 0.222 e. The first kappa shape index (κ1) is 18.9. The normalized spacial score (nSPS) is 11.4. The smallest absolute Gasteiger partial charge is 0.222 e. The number of rotatable bonds is 8. The lowest BCUT2D eigenvalue weighted by Crippen LogP contribution is -2.42. The van der Waals surface area contributed by atoms with Gasteiger partial charge in [0.1, 0.15) is 5.82 Å². The van der Waals surface area contributed by atoms with Gasteiger partial charge in [0, 0.05) is 32.1 Å². The number of nitrogens with zero attached hydrogens (tertiary/aromatic N) is 1. The van der Waals surface area contributed by atoms with Crippen molar-refractivity contribution >= 4 is 11.9 Å². The van der Waals surface area contributed by atoms with Crippen LogP contribution in [0.1, 0.15) is 26.3 Å². The average Bonchev–Trinajstić information content (AvgIpc) is 2.51. The maximum atomic E-state index is 13.1. The van der Waals surface area contributed by atoms with Crippen LogP contribution in [0.4, 0.5) is 4.39 Å². The predicted molar refractivity (Wildman–Crippen MR) is 91.9 cm³/mol. The van der Waals surface area contributed by atoms with Crippen molar-refractivity contribution in [2.75, 3.05) is 26.2 Å². The molecule has 0 radical (unpaired) electrons. The molecule has 0 bridgehead atoms. The number of carbonyl (C=O) groups is 1. The summed E-state index contributed by atoms with van der Waals surface area (Å²) < 4.78 is 13.1. The van der Waals surface area contributed by atoms with Gasteiger partial charge in [-0.25, -0.2) is 4.39 Å². The number of aliphatic imine (C=N–C) groups is 1. The molecule has 0 aliphatic carbocycles. The number of halogens is 1. The summed E-state index contributed by atoms with van der Waals surface area (Å²) in [5.74, 6) is 0.503. The van der Waals surface area contributed by atoms with E-state index in [-0.39, 0.29) is 17.6 Å². The number of benzene rings is 1. The summed E-state index contributed by atoms with van der Waals surface area (Å²) in [6.45, 7) is 8.18. The van der Waals surface area contributed by atoms with E-state index in [2.05, 4.69) is 20.9 Å². The molecular weight excluding hydrogens is 295 g/mol. The molecule has 128 valence electrons. The van der Waals surface area contributed by atoms with E-state index in [1.54, 1.807) is 6.07 Å². The van der Waals surface area contributed by atoms with E-state index in [4.69, 9.17) is 0 Å². The van der Waals surface area contributed by atoms with Crippen molar-refractivity contribution in [2.45, 2.75) is 27.2 Å². The molecule has 0 spiro atoms. The number of hydrogen-bond donors (Lipinski definition) is 3. The number of hydrogen-bond acceptors (Lipinski definition) is 2. The predicted octanol–water partition coefficient (Wildman–Crippen LogP) is 1.70. The summed E-state index contributed by atoms with van der Waals surface area (Å²) in [6.07, 6.45) is 0.679. The first-order valence-electron chi connectivity index (χ1n) is 8.07. The van der Waals surface area contributed by atoms with Crippen LogP contribution in [-0.2, 0) is 11.2 Å². The highest BCUT2D eigenvalue weighted by atomic mass is 19.1. The van der Waals surface area contributed by atoms with E-state index in [0.717, 1.165) is 12.1 Å². The van der Waals surface area contributed by atoms with Gasteiger partial charge in [-0.2, -0.15) is 0 Å². The summed E-state index contributed by atoms with van der Waals surface area (Å²) >= 11 is 0. The Morgan fingerprint density at radius 2 is 1.96 bits per heavy atom. The lowest BCUT2D eigenvalue weighted by Gasteiger charge is -2.12. The quantitative estimate of drug-likeness (QED) is 0.388. The van der Waals surface area contributed by atoms with Gasteiger partial charge in [-0.3, -0.25) is 9.79 Å². The molecule has 0 saturated carbocycles. The standard InChI is InChI=1S/C17H27FN4O/c1-4-19-17(22-11-10-20-16(23)13(2)3)21-9-8-14-6-5-7-15(18)12-14/h5-7,12-13H,4,8-11H2,1-3H3,(H,20,23)(H2,19,21,22). The van der Waals surface area contributed by atoms with Gasteiger partial charge >= 0.3 is 0 Å². The third-order valence-corrected chi connectivity index (χ3v) is 3.14. The van der Waals surface area contributed by atoms with Gasteiger partial charge in [-0.15, -0.1) is 0 Å². The first-order valence-corrected chi connectivity index (χ1v) is 8.07. The second-order valence-electron chi connectivity index (χ2n) is 5.51. The van der Waals surface area contributed by atoms with E-state index in [1.165, 1.54) is 12.1 Å². The highest BCUT2D eigenvalue weighted by Crippen LogP contribution is 2.04. The number of nitrogens with one attached hydrogen (secondary N) is 3. The third kappa shape index (κ3) is 8.18. The van der Waals surface area contributed by atoms with Gasteiger partial charge in [0.2, 0.25) is 5.91 Å². The third-order valence-electron chi connectivity index (χ3n) is 3.14. The molecule has 0 aromatic heterocycles. The van der Waals surface area contributed by atoms with Crippen molar-refractivity contribution in [1.82, 2.24) is 16.0 Å². The van der Waals surface area contributed by atoms with Crippen molar-refractivity contribution in [3.63, 3.8) is 0 Å². The monoisotopic (exact) mass is 322 g/mol. The Hall–Kier alpha value is -2.11. The van der Waals surface area contributed by atoms with Crippen molar-refractivity contribution in [1.29, 1.82) is 0 Å². The Balaban J connectivity index is 2.36. The van der Waals surface area contributed by atoms with E-state index < -0.39 is 0 Å². The Bertz CT molecular complexity index is 517. The second kappa shape index (κ2) is 10.6. The number of carbonyl (C=O) groups excluding carboxylic acids is 1. The average molecular weight is 322 g/mol. The summed E-state index contributed by atoms with van der Waals surface area (Å²) in [7, 11) is 0. The summed E-state index contributed by atoms with van der Waals surface area (Å²) in [5.41, 5.74) is 0.925. The highest BCUT2D eigenvalue weighted by Gasteiger charge is 2.05. The van der Waals surface area contributed by atoms with Crippen LogP contribution in [0.3, 0.4) is 0 Å². The molecular formula is C17H27FN4O. The minimum Gasteiger partial charge on any atom is -0.357 e. The van der Waals surface area contributed by atoms with Crippen molar-refractivity contribution < 1.29 is 9.18 Å².